The second-order valence-corrected chi connectivity index (χ2v) is 5.56. The molecule has 0 unspecified atom stereocenters. The smallest absolute Gasteiger partial charge is 0.155 e. The third-order valence-electron chi connectivity index (χ3n) is 3.92. The molecule has 0 fully saturated rings. The fourth-order valence-corrected chi connectivity index (χ4v) is 2.44. The van der Waals surface area contributed by atoms with Crippen LogP contribution in [0.25, 0.3) is 0 Å². The van der Waals surface area contributed by atoms with Gasteiger partial charge in [-0.05, 0) is 19.1 Å². The van der Waals surface area contributed by atoms with E-state index in [1.54, 1.807) is 0 Å². The van der Waals surface area contributed by atoms with Gasteiger partial charge in [0.05, 0.1) is 5.71 Å². The molecule has 0 bridgehead atoms. The van der Waals surface area contributed by atoms with Gasteiger partial charge in [-0.25, -0.2) is 4.99 Å². The number of rotatable bonds is 3. The first-order valence-corrected chi connectivity index (χ1v) is 7.28. The summed E-state index contributed by atoms with van der Waals surface area (Å²) in [6.07, 6.45) is 5.10. The highest BCUT2D eigenvalue weighted by Crippen LogP contribution is 2.38. The monoisotopic (exact) mass is 283 g/mol. The SMILES string of the molecule is CCN(C)C1=CCC2=Nc3ccc(N(C)C)cc3OC2=C1. The molecule has 1 heterocycles. The van der Waals surface area contributed by atoms with E-state index >= 15 is 0 Å². The van der Waals surface area contributed by atoms with E-state index in [0.717, 1.165) is 41.6 Å². The average molecular weight is 283 g/mol. The molecule has 0 radical (unpaired) electrons. The zero-order chi connectivity index (χ0) is 15.0. The van der Waals surface area contributed by atoms with E-state index in [9.17, 15) is 0 Å². The lowest BCUT2D eigenvalue weighted by molar-refractivity contribution is 0.425. The molecule has 4 heteroatoms. The Kier molecular flexibility index (Phi) is 3.45. The number of likely N-dealkylation sites (N-methyl/N-ethyl adjacent to an activating group) is 1. The standard InChI is InChI=1S/C17H21N3O/c1-5-20(4)13-7-9-15-17(11-13)21-16-10-12(19(2)3)6-8-14(16)18-15/h6-8,10-11H,5,9H2,1-4H3. The minimum atomic E-state index is 0.820. The Labute approximate surface area is 126 Å². The molecule has 1 aromatic rings. The summed E-state index contributed by atoms with van der Waals surface area (Å²) in [4.78, 5) is 9.00. The molecule has 1 aliphatic heterocycles. The number of benzene rings is 1. The van der Waals surface area contributed by atoms with E-state index in [2.05, 4.69) is 42.0 Å². The predicted octanol–water partition coefficient (Wildman–Crippen LogP) is 3.34. The largest absolute Gasteiger partial charge is 0.453 e. The van der Waals surface area contributed by atoms with Crippen molar-refractivity contribution in [2.75, 3.05) is 32.6 Å². The maximum atomic E-state index is 6.09. The summed E-state index contributed by atoms with van der Waals surface area (Å²) in [5, 5.41) is 0. The summed E-state index contributed by atoms with van der Waals surface area (Å²) >= 11 is 0. The average Bonchev–Trinajstić information content (AvgIpc) is 2.50. The highest BCUT2D eigenvalue weighted by Gasteiger charge is 2.22. The Morgan fingerprint density at radius 3 is 2.76 bits per heavy atom. The lowest BCUT2D eigenvalue weighted by Crippen LogP contribution is -2.22. The first-order chi connectivity index (χ1) is 10.1. The van der Waals surface area contributed by atoms with Crippen LogP contribution in [0.5, 0.6) is 5.75 Å². The molecular formula is C17H21N3O. The van der Waals surface area contributed by atoms with E-state index in [-0.39, 0.29) is 0 Å². The lowest BCUT2D eigenvalue weighted by atomic mass is 10.1. The Morgan fingerprint density at radius 2 is 2.05 bits per heavy atom. The molecule has 110 valence electrons. The third-order valence-corrected chi connectivity index (χ3v) is 3.92. The second-order valence-electron chi connectivity index (χ2n) is 5.56. The van der Waals surface area contributed by atoms with Gasteiger partial charge < -0.3 is 14.5 Å². The Morgan fingerprint density at radius 1 is 1.24 bits per heavy atom. The highest BCUT2D eigenvalue weighted by molar-refractivity contribution is 6.04. The minimum Gasteiger partial charge on any atom is -0.453 e. The van der Waals surface area contributed by atoms with E-state index in [1.807, 2.05) is 26.2 Å². The van der Waals surface area contributed by atoms with Crippen LogP contribution in [0.15, 0.2) is 46.8 Å². The number of fused-ring (bicyclic) bond motifs is 2. The zero-order valence-electron chi connectivity index (χ0n) is 13.1. The lowest BCUT2D eigenvalue weighted by Gasteiger charge is -2.26. The van der Waals surface area contributed by atoms with E-state index < -0.39 is 0 Å². The molecule has 0 saturated carbocycles. The van der Waals surface area contributed by atoms with Crippen LogP contribution in [0.3, 0.4) is 0 Å². The summed E-state index contributed by atoms with van der Waals surface area (Å²) in [5.74, 6) is 1.70. The number of nitrogens with zero attached hydrogens (tertiary/aromatic N) is 3. The van der Waals surface area contributed by atoms with Crippen LogP contribution in [0, 0.1) is 0 Å². The fourth-order valence-electron chi connectivity index (χ4n) is 2.44. The second kappa shape index (κ2) is 5.28. The quantitative estimate of drug-likeness (QED) is 0.851. The van der Waals surface area contributed by atoms with Gasteiger partial charge in [0, 0.05) is 57.6 Å². The third kappa shape index (κ3) is 2.53. The topological polar surface area (TPSA) is 28.1 Å². The molecule has 21 heavy (non-hydrogen) atoms. The van der Waals surface area contributed by atoms with E-state index in [4.69, 9.17) is 9.73 Å². The summed E-state index contributed by atoms with van der Waals surface area (Å²) in [7, 11) is 6.14. The van der Waals surface area contributed by atoms with Gasteiger partial charge >= 0.3 is 0 Å². The first kappa shape index (κ1) is 13.7. The summed E-state index contributed by atoms with van der Waals surface area (Å²) in [5.41, 5.74) is 4.23. The molecule has 0 aromatic heterocycles. The van der Waals surface area contributed by atoms with Gasteiger partial charge in [0.1, 0.15) is 5.69 Å². The van der Waals surface area contributed by atoms with Gasteiger partial charge in [0.25, 0.3) is 0 Å². The van der Waals surface area contributed by atoms with Gasteiger partial charge in [-0.2, -0.15) is 0 Å². The molecule has 3 rings (SSSR count). The molecule has 0 N–H and O–H groups in total. The van der Waals surface area contributed by atoms with Crippen LogP contribution in [0.1, 0.15) is 13.3 Å². The van der Waals surface area contributed by atoms with Crippen LogP contribution >= 0.6 is 0 Å². The maximum Gasteiger partial charge on any atom is 0.155 e. The zero-order valence-corrected chi connectivity index (χ0v) is 13.1. The summed E-state index contributed by atoms with van der Waals surface area (Å²) in [6.45, 7) is 3.12. The van der Waals surface area contributed by atoms with Crippen LogP contribution in [-0.4, -0.2) is 38.3 Å². The van der Waals surface area contributed by atoms with Crippen molar-refractivity contribution < 1.29 is 4.74 Å². The van der Waals surface area contributed by atoms with Gasteiger partial charge in [-0.1, -0.05) is 6.08 Å². The Bertz CT molecular complexity index is 656. The van der Waals surface area contributed by atoms with Crippen molar-refractivity contribution in [2.24, 2.45) is 4.99 Å². The molecule has 0 amide bonds. The van der Waals surface area contributed by atoms with Crippen molar-refractivity contribution >= 4 is 17.1 Å². The van der Waals surface area contributed by atoms with Crippen LogP contribution < -0.4 is 9.64 Å². The van der Waals surface area contributed by atoms with Crippen molar-refractivity contribution in [3.8, 4) is 5.75 Å². The van der Waals surface area contributed by atoms with Crippen LogP contribution in [0.2, 0.25) is 0 Å². The summed E-state index contributed by atoms with van der Waals surface area (Å²) in [6, 6.07) is 6.12. The van der Waals surface area contributed by atoms with Gasteiger partial charge in [0.2, 0.25) is 0 Å². The van der Waals surface area contributed by atoms with E-state index in [1.165, 1.54) is 5.70 Å². The van der Waals surface area contributed by atoms with Crippen molar-refractivity contribution in [3.63, 3.8) is 0 Å². The molecule has 1 aliphatic carbocycles. The van der Waals surface area contributed by atoms with Crippen LogP contribution in [-0.2, 0) is 0 Å². The fraction of sp³-hybridized carbons (Fsp3) is 0.353. The molecule has 0 saturated heterocycles. The number of hydrogen-bond acceptors (Lipinski definition) is 4. The van der Waals surface area contributed by atoms with Crippen molar-refractivity contribution in [1.82, 2.24) is 4.90 Å². The molecule has 2 aliphatic rings. The molecule has 4 nitrogen and oxygen atoms in total. The highest BCUT2D eigenvalue weighted by atomic mass is 16.5. The summed E-state index contributed by atoms with van der Waals surface area (Å²) < 4.78 is 6.09. The van der Waals surface area contributed by atoms with Crippen molar-refractivity contribution in [3.05, 3.63) is 41.8 Å². The molecule has 1 aromatic carbocycles. The Hall–Kier alpha value is -2.23. The number of anilines is 1. The van der Waals surface area contributed by atoms with Crippen molar-refractivity contribution in [2.45, 2.75) is 13.3 Å². The molecule has 0 spiro atoms. The maximum absolute atomic E-state index is 6.09. The molecular weight excluding hydrogens is 262 g/mol. The number of allylic oxidation sites excluding steroid dienone is 3. The van der Waals surface area contributed by atoms with Gasteiger partial charge in [0.15, 0.2) is 11.5 Å². The number of ether oxygens (including phenoxy) is 1. The number of hydrogen-bond donors (Lipinski definition) is 0. The van der Waals surface area contributed by atoms with Gasteiger partial charge in [-0.15, -0.1) is 0 Å². The minimum absolute atomic E-state index is 0.820. The predicted molar refractivity (Wildman–Crippen MR) is 87.6 cm³/mol. The molecule has 0 atom stereocenters. The Balaban J connectivity index is 1.95. The van der Waals surface area contributed by atoms with Gasteiger partial charge in [-0.3, -0.25) is 0 Å². The number of aliphatic imine (C=N–C) groups is 1. The first-order valence-electron chi connectivity index (χ1n) is 7.28. The normalized spacial score (nSPS) is 15.9. The van der Waals surface area contributed by atoms with E-state index in [0.29, 0.717) is 0 Å². The van der Waals surface area contributed by atoms with Crippen LogP contribution in [0.4, 0.5) is 11.4 Å². The van der Waals surface area contributed by atoms with Crippen molar-refractivity contribution in [1.29, 1.82) is 0 Å².